The van der Waals surface area contributed by atoms with Gasteiger partial charge < -0.3 is 0 Å². The molecule has 0 heteroatoms. The summed E-state index contributed by atoms with van der Waals surface area (Å²) in [5, 5.41) is 0. The van der Waals surface area contributed by atoms with E-state index in [4.69, 9.17) is 0 Å². The van der Waals surface area contributed by atoms with Crippen molar-refractivity contribution < 1.29 is 0 Å². The Balaban J connectivity index is 1.79. The number of aryl methyl sites for hydroxylation is 1. The monoisotopic (exact) mass is 264 g/mol. The Morgan fingerprint density at radius 3 is 2.65 bits per heavy atom. The van der Waals surface area contributed by atoms with Gasteiger partial charge in [0.15, 0.2) is 0 Å². The number of fused-ring (bicyclic) bond motifs is 2. The van der Waals surface area contributed by atoms with E-state index in [1.165, 1.54) is 57.8 Å². The molecule has 0 radical (unpaired) electrons. The van der Waals surface area contributed by atoms with Gasteiger partial charge in [0.1, 0.15) is 0 Å². The molecule has 20 heavy (non-hydrogen) atoms. The maximum Gasteiger partial charge on any atom is -0.00871 e. The van der Waals surface area contributed by atoms with Crippen LogP contribution in [0.3, 0.4) is 0 Å². The van der Waals surface area contributed by atoms with Crippen molar-refractivity contribution in [3.63, 3.8) is 0 Å². The summed E-state index contributed by atoms with van der Waals surface area (Å²) in [5.74, 6) is 2.77. The summed E-state index contributed by atoms with van der Waals surface area (Å²) in [6.45, 7) is 0. The highest BCUT2D eigenvalue weighted by molar-refractivity contribution is 5.77. The second kappa shape index (κ2) is 4.23. The van der Waals surface area contributed by atoms with Gasteiger partial charge in [-0.3, -0.25) is 0 Å². The normalized spacial score (nSPS) is 34.5. The minimum absolute atomic E-state index is 0.884. The van der Waals surface area contributed by atoms with Crippen LogP contribution >= 0.6 is 0 Å². The van der Waals surface area contributed by atoms with Gasteiger partial charge in [-0.25, -0.2) is 0 Å². The molecular formula is C20H24. The Labute approximate surface area is 122 Å². The summed E-state index contributed by atoms with van der Waals surface area (Å²) in [6, 6.07) is 7.20. The van der Waals surface area contributed by atoms with Crippen molar-refractivity contribution in [1.29, 1.82) is 0 Å². The van der Waals surface area contributed by atoms with Crippen molar-refractivity contribution in [3.05, 3.63) is 40.5 Å². The molecule has 1 aromatic carbocycles. The number of allylic oxidation sites excluding steroid dienone is 2. The van der Waals surface area contributed by atoms with E-state index in [1.54, 1.807) is 22.3 Å². The first-order valence-electron chi connectivity index (χ1n) is 8.78. The molecule has 0 aliphatic heterocycles. The van der Waals surface area contributed by atoms with Crippen molar-refractivity contribution in [2.75, 3.05) is 0 Å². The molecule has 0 amide bonds. The molecule has 3 unspecified atom stereocenters. The lowest BCUT2D eigenvalue weighted by Crippen LogP contribution is -2.33. The Morgan fingerprint density at radius 2 is 1.65 bits per heavy atom. The summed E-state index contributed by atoms with van der Waals surface area (Å²) < 4.78 is 0. The van der Waals surface area contributed by atoms with Gasteiger partial charge in [-0.15, -0.1) is 0 Å². The van der Waals surface area contributed by atoms with Crippen molar-refractivity contribution in [3.8, 4) is 0 Å². The van der Waals surface area contributed by atoms with Crippen LogP contribution in [0.1, 0.15) is 74.0 Å². The number of benzene rings is 1. The molecule has 4 aliphatic rings. The van der Waals surface area contributed by atoms with Gasteiger partial charge >= 0.3 is 0 Å². The lowest BCUT2D eigenvalue weighted by molar-refractivity contribution is 0.282. The molecule has 1 fully saturated rings. The van der Waals surface area contributed by atoms with E-state index >= 15 is 0 Å². The van der Waals surface area contributed by atoms with Gasteiger partial charge in [-0.2, -0.15) is 0 Å². The third-order valence-electron chi connectivity index (χ3n) is 6.57. The van der Waals surface area contributed by atoms with Gasteiger partial charge in [-0.1, -0.05) is 30.2 Å². The average Bonchev–Trinajstić information content (AvgIpc) is 2.52. The quantitative estimate of drug-likeness (QED) is 0.582. The van der Waals surface area contributed by atoms with Crippen molar-refractivity contribution in [1.82, 2.24) is 0 Å². The van der Waals surface area contributed by atoms with E-state index in [0.717, 1.165) is 17.8 Å². The highest BCUT2D eigenvalue weighted by Crippen LogP contribution is 2.57. The molecule has 0 aromatic heterocycles. The van der Waals surface area contributed by atoms with E-state index < -0.39 is 0 Å². The number of hydrogen-bond acceptors (Lipinski definition) is 0. The van der Waals surface area contributed by atoms with Gasteiger partial charge in [0.05, 0.1) is 0 Å². The molecule has 0 nitrogen and oxygen atoms in total. The van der Waals surface area contributed by atoms with Crippen LogP contribution in [0.2, 0.25) is 0 Å². The van der Waals surface area contributed by atoms with Gasteiger partial charge in [0.25, 0.3) is 0 Å². The molecule has 0 heterocycles. The largest absolute Gasteiger partial charge is 0.0614 e. The third kappa shape index (κ3) is 1.43. The molecule has 104 valence electrons. The van der Waals surface area contributed by atoms with Crippen molar-refractivity contribution in [2.45, 2.75) is 63.7 Å². The van der Waals surface area contributed by atoms with Crippen LogP contribution in [-0.2, 0) is 6.42 Å². The molecule has 4 aliphatic carbocycles. The Hall–Kier alpha value is -1.04. The van der Waals surface area contributed by atoms with Gasteiger partial charge in [0.2, 0.25) is 0 Å². The Bertz CT molecular complexity index is 592. The lowest BCUT2D eigenvalue weighted by Gasteiger charge is -2.47. The summed E-state index contributed by atoms with van der Waals surface area (Å²) in [5.41, 5.74) is 8.92. The van der Waals surface area contributed by atoms with E-state index in [1.807, 2.05) is 5.57 Å². The van der Waals surface area contributed by atoms with E-state index in [0.29, 0.717) is 0 Å². The predicted octanol–water partition coefficient (Wildman–Crippen LogP) is 5.47. The van der Waals surface area contributed by atoms with E-state index in [2.05, 4.69) is 18.2 Å². The second-order valence-electron chi connectivity index (χ2n) is 7.44. The summed E-state index contributed by atoms with van der Waals surface area (Å²) in [4.78, 5) is 0. The third-order valence-corrected chi connectivity index (χ3v) is 6.57. The highest BCUT2D eigenvalue weighted by Gasteiger charge is 2.42. The van der Waals surface area contributed by atoms with Gasteiger partial charge in [-0.05, 0) is 91.4 Å². The smallest absolute Gasteiger partial charge is 0.00871 e. The fourth-order valence-corrected chi connectivity index (χ4v) is 5.94. The fourth-order valence-electron chi connectivity index (χ4n) is 5.94. The second-order valence-corrected chi connectivity index (χ2v) is 7.44. The molecule has 1 saturated carbocycles. The van der Waals surface area contributed by atoms with Crippen LogP contribution in [0.25, 0.3) is 5.57 Å². The Kier molecular flexibility index (Phi) is 2.45. The van der Waals surface area contributed by atoms with Crippen LogP contribution in [0.15, 0.2) is 23.8 Å². The molecule has 0 N–H and O–H groups in total. The maximum atomic E-state index is 2.45. The average molecular weight is 264 g/mol. The first-order valence-corrected chi connectivity index (χ1v) is 8.78. The molecule has 0 spiro atoms. The minimum Gasteiger partial charge on any atom is -0.0614 e. The standard InChI is InChI=1S/C20H24/c1-5-13-6-2-11-17-18-12-4-8-14-7-3-10-16(20(14)18)15(9-1)19(13)17/h1,5,9,14,17-18H,2-4,6-8,10-12H2. The molecule has 5 rings (SSSR count). The van der Waals surface area contributed by atoms with Crippen LogP contribution in [0.5, 0.6) is 0 Å². The molecule has 1 aromatic rings. The highest BCUT2D eigenvalue weighted by atomic mass is 14.5. The van der Waals surface area contributed by atoms with E-state index in [9.17, 15) is 0 Å². The summed E-state index contributed by atoms with van der Waals surface area (Å²) in [7, 11) is 0. The molecular weight excluding hydrogens is 240 g/mol. The summed E-state index contributed by atoms with van der Waals surface area (Å²) >= 11 is 0. The first-order chi connectivity index (χ1) is 9.93. The SMILES string of the molecule is c1cc2c3c(c1)C1=C4C(CCC1)CCCC4C3CCC2. The van der Waals surface area contributed by atoms with Crippen LogP contribution in [0, 0.1) is 11.8 Å². The zero-order valence-corrected chi connectivity index (χ0v) is 12.3. The van der Waals surface area contributed by atoms with Crippen LogP contribution < -0.4 is 0 Å². The van der Waals surface area contributed by atoms with Crippen LogP contribution in [-0.4, -0.2) is 0 Å². The van der Waals surface area contributed by atoms with Gasteiger partial charge in [0, 0.05) is 0 Å². The molecule has 0 saturated heterocycles. The fraction of sp³-hybridized carbons (Fsp3) is 0.600. The van der Waals surface area contributed by atoms with Crippen molar-refractivity contribution >= 4 is 5.57 Å². The predicted molar refractivity (Wildman–Crippen MR) is 83.7 cm³/mol. The lowest BCUT2D eigenvalue weighted by atomic mass is 9.57. The van der Waals surface area contributed by atoms with Crippen LogP contribution in [0.4, 0.5) is 0 Å². The maximum absolute atomic E-state index is 2.45. The van der Waals surface area contributed by atoms with Crippen molar-refractivity contribution in [2.24, 2.45) is 11.8 Å². The van der Waals surface area contributed by atoms with E-state index in [-0.39, 0.29) is 0 Å². The number of hydrogen-bond donors (Lipinski definition) is 0. The number of rotatable bonds is 0. The zero-order valence-electron chi connectivity index (χ0n) is 12.3. The Morgan fingerprint density at radius 1 is 0.800 bits per heavy atom. The molecule has 3 atom stereocenters. The minimum atomic E-state index is 0.884. The topological polar surface area (TPSA) is 0 Å². The zero-order chi connectivity index (χ0) is 13.1. The molecule has 0 bridgehead atoms. The first kappa shape index (κ1) is 11.6. The summed E-state index contributed by atoms with van der Waals surface area (Å²) in [6.07, 6.45) is 12.9.